The Hall–Kier alpha value is -0.940. The number of rotatable bonds is 3. The number of aryl methyl sites for hydroxylation is 3. The normalized spacial score (nSPS) is 10.4. The SMILES string of the molecule is C[n+]1c(CCc2ccccc2)sc2ccccc21.I. The first-order valence-corrected chi connectivity index (χ1v) is 7.06. The van der Waals surface area contributed by atoms with Gasteiger partial charge in [0.25, 0.3) is 0 Å². The minimum Gasteiger partial charge on any atom is -0.189 e. The van der Waals surface area contributed by atoms with E-state index in [0.717, 1.165) is 12.8 Å². The zero-order chi connectivity index (χ0) is 12.4. The van der Waals surface area contributed by atoms with Gasteiger partial charge in [-0.1, -0.05) is 53.8 Å². The van der Waals surface area contributed by atoms with E-state index < -0.39 is 0 Å². The van der Waals surface area contributed by atoms with Crippen LogP contribution in [0.3, 0.4) is 0 Å². The predicted molar refractivity (Wildman–Crippen MR) is 92.3 cm³/mol. The highest BCUT2D eigenvalue weighted by Gasteiger charge is 2.15. The molecule has 98 valence electrons. The lowest BCUT2D eigenvalue weighted by molar-refractivity contribution is -0.648. The fourth-order valence-electron chi connectivity index (χ4n) is 2.26. The van der Waals surface area contributed by atoms with Crippen LogP contribution in [0.25, 0.3) is 10.2 Å². The molecular weight excluding hydrogens is 365 g/mol. The van der Waals surface area contributed by atoms with Gasteiger partial charge in [-0.15, -0.1) is 24.0 Å². The summed E-state index contributed by atoms with van der Waals surface area (Å²) >= 11 is 1.91. The second-order valence-corrected chi connectivity index (χ2v) is 5.62. The molecule has 0 fully saturated rings. The Bertz CT molecular complexity index is 661. The van der Waals surface area contributed by atoms with Crippen LogP contribution in [0.4, 0.5) is 0 Å². The lowest BCUT2D eigenvalue weighted by Gasteiger charge is -1.97. The van der Waals surface area contributed by atoms with Crippen molar-refractivity contribution >= 4 is 45.5 Å². The summed E-state index contributed by atoms with van der Waals surface area (Å²) in [5.74, 6) is 0. The monoisotopic (exact) mass is 382 g/mol. The van der Waals surface area contributed by atoms with Gasteiger partial charge in [-0.3, -0.25) is 0 Å². The number of hydrogen-bond acceptors (Lipinski definition) is 1. The van der Waals surface area contributed by atoms with E-state index in [4.69, 9.17) is 0 Å². The quantitative estimate of drug-likeness (QED) is 0.474. The Morgan fingerprint density at radius 3 is 2.32 bits per heavy atom. The summed E-state index contributed by atoms with van der Waals surface area (Å²) in [6.07, 6.45) is 2.22. The van der Waals surface area contributed by atoms with Crippen LogP contribution in [-0.4, -0.2) is 0 Å². The Balaban J connectivity index is 0.00000133. The second-order valence-electron chi connectivity index (χ2n) is 4.51. The topological polar surface area (TPSA) is 3.88 Å². The third-order valence-corrected chi connectivity index (χ3v) is 4.58. The van der Waals surface area contributed by atoms with Crippen LogP contribution in [0.15, 0.2) is 54.6 Å². The van der Waals surface area contributed by atoms with Crippen LogP contribution in [-0.2, 0) is 19.9 Å². The molecule has 2 aromatic carbocycles. The van der Waals surface area contributed by atoms with Crippen molar-refractivity contribution in [2.24, 2.45) is 7.05 Å². The summed E-state index contributed by atoms with van der Waals surface area (Å²) in [4.78, 5) is 0. The molecule has 0 aliphatic rings. The summed E-state index contributed by atoms with van der Waals surface area (Å²) in [7, 11) is 2.17. The van der Waals surface area contributed by atoms with Crippen molar-refractivity contribution in [3.63, 3.8) is 0 Å². The van der Waals surface area contributed by atoms with E-state index in [1.54, 1.807) is 0 Å². The van der Waals surface area contributed by atoms with Gasteiger partial charge in [0.2, 0.25) is 10.5 Å². The lowest BCUT2D eigenvalue weighted by Crippen LogP contribution is -2.30. The van der Waals surface area contributed by atoms with Crippen LogP contribution >= 0.6 is 35.3 Å². The first kappa shape index (κ1) is 14.5. The zero-order valence-electron chi connectivity index (χ0n) is 10.9. The second kappa shape index (κ2) is 6.48. The first-order chi connectivity index (χ1) is 8.84. The molecule has 0 spiro atoms. The van der Waals surface area contributed by atoms with Crippen LogP contribution < -0.4 is 4.57 Å². The van der Waals surface area contributed by atoms with Crippen molar-refractivity contribution in [2.45, 2.75) is 12.8 Å². The fraction of sp³-hybridized carbons (Fsp3) is 0.188. The Kier molecular flexibility index (Phi) is 4.93. The standard InChI is InChI=1S/C16H16NS.HI/c1-17-14-9-5-6-10-15(14)18-16(17)12-11-13-7-3-2-4-8-13;/h2-10H,11-12H2,1H3;1H/q+1;. The van der Waals surface area contributed by atoms with E-state index in [0.29, 0.717) is 0 Å². The minimum atomic E-state index is 0. The zero-order valence-corrected chi connectivity index (χ0v) is 14.0. The number of aromatic nitrogens is 1. The van der Waals surface area contributed by atoms with Gasteiger partial charge in [0.1, 0.15) is 11.7 Å². The Labute approximate surface area is 134 Å². The molecule has 0 aliphatic carbocycles. The highest BCUT2D eigenvalue weighted by molar-refractivity contribution is 14.0. The molecule has 0 saturated heterocycles. The third kappa shape index (κ3) is 3.15. The molecule has 3 rings (SSSR count). The number of hydrogen-bond donors (Lipinski definition) is 0. The summed E-state index contributed by atoms with van der Waals surface area (Å²) < 4.78 is 3.70. The molecule has 19 heavy (non-hydrogen) atoms. The number of thiazole rings is 1. The van der Waals surface area contributed by atoms with E-state index >= 15 is 0 Å². The van der Waals surface area contributed by atoms with Crippen molar-refractivity contribution in [3.05, 3.63) is 65.2 Å². The molecule has 0 N–H and O–H groups in total. The largest absolute Gasteiger partial charge is 0.238 e. The van der Waals surface area contributed by atoms with Crippen LogP contribution in [0.2, 0.25) is 0 Å². The van der Waals surface area contributed by atoms with Gasteiger partial charge in [-0.05, 0) is 18.1 Å². The number of para-hydroxylation sites is 1. The van der Waals surface area contributed by atoms with E-state index in [9.17, 15) is 0 Å². The lowest BCUT2D eigenvalue weighted by atomic mass is 10.1. The summed E-state index contributed by atoms with van der Waals surface area (Å²) in [6.45, 7) is 0. The summed E-state index contributed by atoms with van der Waals surface area (Å²) in [5.41, 5.74) is 2.75. The maximum absolute atomic E-state index is 2.32. The molecule has 1 nitrogen and oxygen atoms in total. The molecular formula is C16H17INS+. The van der Waals surface area contributed by atoms with Crippen molar-refractivity contribution in [3.8, 4) is 0 Å². The highest BCUT2D eigenvalue weighted by Crippen LogP contribution is 2.20. The Morgan fingerprint density at radius 2 is 1.58 bits per heavy atom. The van der Waals surface area contributed by atoms with Gasteiger partial charge >= 0.3 is 0 Å². The van der Waals surface area contributed by atoms with E-state index in [1.165, 1.54) is 20.8 Å². The Morgan fingerprint density at radius 1 is 0.895 bits per heavy atom. The maximum atomic E-state index is 2.32. The van der Waals surface area contributed by atoms with Gasteiger partial charge < -0.3 is 0 Å². The van der Waals surface area contributed by atoms with Crippen LogP contribution in [0.5, 0.6) is 0 Å². The molecule has 0 amide bonds. The molecule has 1 heterocycles. The molecule has 3 aromatic rings. The molecule has 3 heteroatoms. The number of fused-ring (bicyclic) bond motifs is 1. The van der Waals surface area contributed by atoms with Gasteiger partial charge in [0.15, 0.2) is 0 Å². The smallest absolute Gasteiger partial charge is 0.189 e. The number of benzene rings is 2. The van der Waals surface area contributed by atoms with Crippen molar-refractivity contribution < 1.29 is 4.57 Å². The third-order valence-electron chi connectivity index (χ3n) is 3.30. The molecule has 1 aromatic heterocycles. The van der Waals surface area contributed by atoms with Crippen molar-refractivity contribution in [2.75, 3.05) is 0 Å². The van der Waals surface area contributed by atoms with Crippen molar-refractivity contribution in [1.29, 1.82) is 0 Å². The average molecular weight is 382 g/mol. The minimum absolute atomic E-state index is 0. The van der Waals surface area contributed by atoms with Gasteiger partial charge in [0.05, 0.1) is 0 Å². The van der Waals surface area contributed by atoms with E-state index in [-0.39, 0.29) is 24.0 Å². The molecule has 0 bridgehead atoms. The van der Waals surface area contributed by atoms with Gasteiger partial charge in [-0.2, -0.15) is 4.57 Å². The highest BCUT2D eigenvalue weighted by atomic mass is 127. The van der Waals surface area contributed by atoms with Gasteiger partial charge in [-0.25, -0.2) is 0 Å². The molecule has 0 atom stereocenters. The van der Waals surface area contributed by atoms with Crippen LogP contribution in [0, 0.1) is 0 Å². The summed E-state index contributed by atoms with van der Waals surface area (Å²) in [6, 6.07) is 19.3. The molecule has 0 radical (unpaired) electrons. The molecule has 0 saturated carbocycles. The van der Waals surface area contributed by atoms with E-state index in [1.807, 2.05) is 11.3 Å². The molecule has 0 unspecified atom stereocenters. The van der Waals surface area contributed by atoms with Crippen molar-refractivity contribution in [1.82, 2.24) is 0 Å². The average Bonchev–Trinajstić information content (AvgIpc) is 2.75. The molecule has 0 aliphatic heterocycles. The van der Waals surface area contributed by atoms with Crippen LogP contribution in [0.1, 0.15) is 10.6 Å². The fourth-order valence-corrected chi connectivity index (χ4v) is 3.41. The summed E-state index contributed by atoms with van der Waals surface area (Å²) in [5, 5.41) is 1.44. The first-order valence-electron chi connectivity index (χ1n) is 6.25. The number of halogens is 1. The number of nitrogens with zero attached hydrogens (tertiary/aromatic N) is 1. The van der Waals surface area contributed by atoms with Gasteiger partial charge in [0, 0.05) is 12.5 Å². The van der Waals surface area contributed by atoms with E-state index in [2.05, 4.69) is 66.2 Å². The predicted octanol–water partition coefficient (Wildman–Crippen LogP) is 4.13. The maximum Gasteiger partial charge on any atom is 0.238 e.